The zero-order valence-corrected chi connectivity index (χ0v) is 24.9. The van der Waals surface area contributed by atoms with E-state index in [2.05, 4.69) is 46.4 Å². The Morgan fingerprint density at radius 2 is 1.74 bits per heavy atom. The smallest absolute Gasteiger partial charge is 0.271 e. The molecule has 0 radical (unpaired) electrons. The van der Waals surface area contributed by atoms with Crippen molar-refractivity contribution in [3.05, 3.63) is 53.7 Å². The van der Waals surface area contributed by atoms with E-state index in [-0.39, 0.29) is 28.7 Å². The molecule has 3 N–H and O–H groups in total. The standard InChI is InChI=1S/C27H28N10O5S/c1-27(2,3)22-17(14-28)24(33-31-22)32-30-20-25-29-23(15-9-7-10-16(13-15)36-43(6,38)39)34-37(25)35-26(20)42-21-18(40-4)11-8-12-19(21)41-5/h7-13,36H,1-6H3,(H,29,34)(H,31,33). The number of hydrogen-bond donors (Lipinski definition) is 3. The van der Waals surface area contributed by atoms with Gasteiger partial charge in [0.05, 0.1) is 26.2 Å². The van der Waals surface area contributed by atoms with Crippen LogP contribution in [0, 0.1) is 11.3 Å². The first-order chi connectivity index (χ1) is 20.4. The van der Waals surface area contributed by atoms with Crippen LogP contribution in [-0.2, 0) is 15.4 Å². The second kappa shape index (κ2) is 11.1. The van der Waals surface area contributed by atoms with Crippen molar-refractivity contribution in [1.82, 2.24) is 30.0 Å². The number of rotatable bonds is 9. The van der Waals surface area contributed by atoms with Gasteiger partial charge in [-0.25, -0.2) is 8.42 Å². The lowest BCUT2D eigenvalue weighted by atomic mass is 9.90. The summed E-state index contributed by atoms with van der Waals surface area (Å²) in [5, 5.41) is 34.6. The van der Waals surface area contributed by atoms with Crippen LogP contribution in [0.3, 0.4) is 0 Å². The van der Waals surface area contributed by atoms with Crippen molar-refractivity contribution < 1.29 is 22.6 Å². The summed E-state index contributed by atoms with van der Waals surface area (Å²) in [4.78, 5) is 3.15. The van der Waals surface area contributed by atoms with E-state index < -0.39 is 15.4 Å². The van der Waals surface area contributed by atoms with E-state index >= 15 is 0 Å². The maximum absolute atomic E-state index is 11.7. The molecule has 0 spiro atoms. The molecular formula is C27H28N10O5S. The summed E-state index contributed by atoms with van der Waals surface area (Å²) < 4.78 is 44.3. The zero-order chi connectivity index (χ0) is 30.9. The van der Waals surface area contributed by atoms with Crippen LogP contribution in [0.25, 0.3) is 17.0 Å². The SMILES string of the molecule is COc1cccc(OC)c1Oc1nn2nc(-c3cccc(NS(C)(=O)=O)c3)[nH]c2c1N=Nc1[nH]nc(C(C)(C)C)c1C#N. The average molecular weight is 605 g/mol. The van der Waals surface area contributed by atoms with E-state index in [9.17, 15) is 13.7 Å². The van der Waals surface area contributed by atoms with E-state index in [4.69, 9.17) is 14.2 Å². The molecule has 43 heavy (non-hydrogen) atoms. The third-order valence-corrected chi connectivity index (χ3v) is 6.69. The molecule has 5 rings (SSSR count). The molecule has 0 atom stereocenters. The summed E-state index contributed by atoms with van der Waals surface area (Å²) >= 11 is 0. The Hall–Kier alpha value is -5.43. The molecule has 0 amide bonds. The van der Waals surface area contributed by atoms with Crippen LogP contribution >= 0.6 is 0 Å². The van der Waals surface area contributed by atoms with Crippen molar-refractivity contribution >= 4 is 32.9 Å². The van der Waals surface area contributed by atoms with E-state index in [0.29, 0.717) is 39.9 Å². The number of para-hydroxylation sites is 1. The number of sulfonamides is 1. The van der Waals surface area contributed by atoms with Crippen LogP contribution in [0.15, 0.2) is 52.7 Å². The number of aromatic amines is 2. The van der Waals surface area contributed by atoms with E-state index in [1.54, 1.807) is 42.5 Å². The Balaban J connectivity index is 1.64. The summed E-state index contributed by atoms with van der Waals surface area (Å²) in [6.45, 7) is 5.81. The average Bonchev–Trinajstić information content (AvgIpc) is 3.64. The van der Waals surface area contributed by atoms with Gasteiger partial charge in [0.25, 0.3) is 5.88 Å². The van der Waals surface area contributed by atoms with Gasteiger partial charge in [-0.3, -0.25) is 9.82 Å². The number of nitriles is 1. The van der Waals surface area contributed by atoms with Crippen molar-refractivity contribution in [2.24, 2.45) is 10.2 Å². The monoisotopic (exact) mass is 604 g/mol. The fourth-order valence-electron chi connectivity index (χ4n) is 4.19. The minimum Gasteiger partial charge on any atom is -0.493 e. The molecule has 0 bridgehead atoms. The van der Waals surface area contributed by atoms with Gasteiger partial charge in [0.2, 0.25) is 15.8 Å². The molecule has 0 unspecified atom stereocenters. The fraction of sp³-hybridized carbons (Fsp3) is 0.259. The predicted molar refractivity (Wildman–Crippen MR) is 157 cm³/mol. The highest BCUT2D eigenvalue weighted by Crippen LogP contribution is 2.44. The predicted octanol–water partition coefficient (Wildman–Crippen LogP) is 5.21. The molecule has 5 aromatic rings. The molecule has 0 saturated heterocycles. The molecule has 3 aromatic heterocycles. The molecule has 16 heteroatoms. The van der Waals surface area contributed by atoms with Crippen LogP contribution in [-0.4, -0.2) is 58.9 Å². The van der Waals surface area contributed by atoms with E-state index in [1.165, 1.54) is 18.8 Å². The number of H-pyrrole nitrogens is 2. The number of methoxy groups -OCH3 is 2. The Labute approximate surface area is 246 Å². The quantitative estimate of drug-likeness (QED) is 0.189. The summed E-state index contributed by atoms with van der Waals surface area (Å²) in [7, 11) is -0.495. The second-order valence-corrected chi connectivity index (χ2v) is 12.1. The number of benzene rings is 2. The van der Waals surface area contributed by atoms with Crippen molar-refractivity contribution in [1.29, 1.82) is 5.26 Å². The highest BCUT2D eigenvalue weighted by atomic mass is 32.2. The third-order valence-electron chi connectivity index (χ3n) is 6.08. The van der Waals surface area contributed by atoms with Crippen LogP contribution in [0.5, 0.6) is 23.1 Å². The number of nitrogens with one attached hydrogen (secondary N) is 3. The zero-order valence-electron chi connectivity index (χ0n) is 24.1. The Morgan fingerprint density at radius 3 is 2.37 bits per heavy atom. The van der Waals surface area contributed by atoms with Crippen LogP contribution in [0.2, 0.25) is 0 Å². The van der Waals surface area contributed by atoms with Gasteiger partial charge in [0.15, 0.2) is 34.5 Å². The Morgan fingerprint density at radius 1 is 1.05 bits per heavy atom. The Kier molecular flexibility index (Phi) is 7.50. The molecule has 0 saturated carbocycles. The fourth-order valence-corrected chi connectivity index (χ4v) is 4.75. The van der Waals surface area contributed by atoms with Gasteiger partial charge in [-0.1, -0.05) is 39.0 Å². The van der Waals surface area contributed by atoms with E-state index in [0.717, 1.165) is 6.26 Å². The first kappa shape index (κ1) is 29.1. The topological polar surface area (TPSA) is 197 Å². The van der Waals surface area contributed by atoms with Crippen molar-refractivity contribution in [3.63, 3.8) is 0 Å². The molecule has 15 nitrogen and oxygen atoms in total. The minimum atomic E-state index is -3.48. The van der Waals surface area contributed by atoms with Gasteiger partial charge in [-0.15, -0.1) is 25.1 Å². The number of azo groups is 1. The lowest BCUT2D eigenvalue weighted by Gasteiger charge is -2.14. The maximum Gasteiger partial charge on any atom is 0.271 e. The van der Waals surface area contributed by atoms with E-state index in [1.807, 2.05) is 20.8 Å². The summed E-state index contributed by atoms with van der Waals surface area (Å²) in [6.07, 6.45) is 1.07. The highest BCUT2D eigenvalue weighted by molar-refractivity contribution is 7.92. The van der Waals surface area contributed by atoms with Crippen LogP contribution in [0.1, 0.15) is 32.0 Å². The Bertz CT molecular complexity index is 1970. The summed E-state index contributed by atoms with van der Waals surface area (Å²) in [5.74, 6) is 1.56. The van der Waals surface area contributed by atoms with Crippen molar-refractivity contribution in [3.8, 4) is 40.6 Å². The number of hydrogen-bond acceptors (Lipinski definition) is 11. The number of anilines is 1. The third kappa shape index (κ3) is 5.97. The molecule has 2 aromatic carbocycles. The van der Waals surface area contributed by atoms with Gasteiger partial charge in [0, 0.05) is 16.7 Å². The number of fused-ring (bicyclic) bond motifs is 1. The van der Waals surface area contributed by atoms with Crippen LogP contribution in [0.4, 0.5) is 17.2 Å². The number of ether oxygens (including phenoxy) is 3. The molecule has 0 fully saturated rings. The second-order valence-electron chi connectivity index (χ2n) is 10.4. The molecule has 222 valence electrons. The first-order valence-corrected chi connectivity index (χ1v) is 14.7. The van der Waals surface area contributed by atoms with Crippen molar-refractivity contribution in [2.45, 2.75) is 26.2 Å². The molecule has 0 aliphatic carbocycles. The highest BCUT2D eigenvalue weighted by Gasteiger charge is 2.26. The first-order valence-electron chi connectivity index (χ1n) is 12.8. The largest absolute Gasteiger partial charge is 0.493 e. The lowest BCUT2D eigenvalue weighted by molar-refractivity contribution is 0.341. The summed E-state index contributed by atoms with van der Waals surface area (Å²) in [5.41, 5.74) is 1.78. The molecule has 0 aliphatic heterocycles. The number of nitrogens with zero attached hydrogens (tertiary/aromatic N) is 7. The minimum absolute atomic E-state index is 0.0124. The van der Waals surface area contributed by atoms with Crippen LogP contribution < -0.4 is 18.9 Å². The lowest BCUT2D eigenvalue weighted by Crippen LogP contribution is -2.13. The van der Waals surface area contributed by atoms with Gasteiger partial charge >= 0.3 is 0 Å². The summed E-state index contributed by atoms with van der Waals surface area (Å²) in [6, 6.07) is 14.0. The number of aromatic nitrogens is 6. The van der Waals surface area contributed by atoms with Gasteiger partial charge in [-0.2, -0.15) is 10.4 Å². The molecule has 3 heterocycles. The maximum atomic E-state index is 11.7. The van der Waals surface area contributed by atoms with Gasteiger partial charge in [-0.05, 0) is 24.3 Å². The van der Waals surface area contributed by atoms with Gasteiger partial charge < -0.3 is 19.2 Å². The van der Waals surface area contributed by atoms with Gasteiger partial charge in [0.1, 0.15) is 11.6 Å². The van der Waals surface area contributed by atoms with Crippen molar-refractivity contribution in [2.75, 3.05) is 25.2 Å². The molecule has 0 aliphatic rings. The molecular weight excluding hydrogens is 576 g/mol. The normalized spacial score (nSPS) is 12.0.